The van der Waals surface area contributed by atoms with Gasteiger partial charge in [-0.1, -0.05) is 18.2 Å². The van der Waals surface area contributed by atoms with Gasteiger partial charge in [0, 0.05) is 11.6 Å². The summed E-state index contributed by atoms with van der Waals surface area (Å²) >= 11 is 0. The van der Waals surface area contributed by atoms with Crippen molar-refractivity contribution in [3.05, 3.63) is 54.7 Å². The molecule has 0 radical (unpaired) electrons. The first-order valence-corrected chi connectivity index (χ1v) is 4.46. The fourth-order valence-electron chi connectivity index (χ4n) is 1.41. The van der Waals surface area contributed by atoms with Crippen molar-refractivity contribution in [1.82, 2.24) is 4.98 Å². The summed E-state index contributed by atoms with van der Waals surface area (Å²) in [6.07, 6.45) is 2.67. The number of aliphatic hydroxyl groups is 1. The predicted molar refractivity (Wildman–Crippen MR) is 56.9 cm³/mol. The van der Waals surface area contributed by atoms with Crippen molar-refractivity contribution in [3.63, 3.8) is 0 Å². The normalized spacial score (nSPS) is 12.6. The largest absolute Gasteiger partial charge is 0.384 e. The van der Waals surface area contributed by atoms with Crippen LogP contribution < -0.4 is 0 Å². The Morgan fingerprint density at radius 1 is 1.36 bits per heavy atom. The van der Waals surface area contributed by atoms with Gasteiger partial charge in [-0.2, -0.15) is 0 Å². The SMILES string of the molecule is C=CC(O)c1ccc2ncccc2c1. The maximum Gasteiger partial charge on any atom is 0.0969 e. The maximum atomic E-state index is 9.55. The highest BCUT2D eigenvalue weighted by molar-refractivity contribution is 5.79. The molecule has 0 amide bonds. The lowest BCUT2D eigenvalue weighted by atomic mass is 10.1. The minimum atomic E-state index is -0.598. The van der Waals surface area contributed by atoms with Gasteiger partial charge in [-0.3, -0.25) is 4.98 Å². The Labute approximate surface area is 82.5 Å². The van der Waals surface area contributed by atoms with Crippen LogP contribution in [0.5, 0.6) is 0 Å². The quantitative estimate of drug-likeness (QED) is 0.729. The molecule has 0 bridgehead atoms. The zero-order chi connectivity index (χ0) is 9.97. The minimum Gasteiger partial charge on any atom is -0.384 e. The fraction of sp³-hybridized carbons (Fsp3) is 0.0833. The van der Waals surface area contributed by atoms with Gasteiger partial charge in [0.15, 0.2) is 0 Å². The Hall–Kier alpha value is -1.67. The van der Waals surface area contributed by atoms with Crippen molar-refractivity contribution in [2.75, 3.05) is 0 Å². The average Bonchev–Trinajstić information content (AvgIpc) is 2.27. The molecule has 0 fully saturated rings. The zero-order valence-corrected chi connectivity index (χ0v) is 7.72. The van der Waals surface area contributed by atoms with Gasteiger partial charge in [0.05, 0.1) is 11.6 Å². The Bertz CT molecular complexity index is 465. The van der Waals surface area contributed by atoms with E-state index in [4.69, 9.17) is 0 Å². The molecule has 0 saturated heterocycles. The molecule has 2 nitrogen and oxygen atoms in total. The van der Waals surface area contributed by atoms with E-state index in [0.717, 1.165) is 16.5 Å². The first-order valence-electron chi connectivity index (χ1n) is 4.46. The van der Waals surface area contributed by atoms with Crippen LogP contribution in [-0.2, 0) is 0 Å². The molecule has 0 aliphatic rings. The van der Waals surface area contributed by atoms with Crippen molar-refractivity contribution in [2.24, 2.45) is 0 Å². The molecule has 0 spiro atoms. The predicted octanol–water partition coefficient (Wildman–Crippen LogP) is 2.45. The lowest BCUT2D eigenvalue weighted by Crippen LogP contribution is -1.92. The molecule has 0 aliphatic heterocycles. The molecule has 2 aromatic rings. The molecule has 0 aliphatic carbocycles. The lowest BCUT2D eigenvalue weighted by Gasteiger charge is -2.06. The van der Waals surface area contributed by atoms with Gasteiger partial charge in [-0.25, -0.2) is 0 Å². The van der Waals surface area contributed by atoms with Crippen LogP contribution in [0.2, 0.25) is 0 Å². The molecule has 1 atom stereocenters. The third-order valence-corrected chi connectivity index (χ3v) is 2.19. The maximum absolute atomic E-state index is 9.55. The minimum absolute atomic E-state index is 0.598. The topological polar surface area (TPSA) is 33.1 Å². The summed E-state index contributed by atoms with van der Waals surface area (Å²) in [5.41, 5.74) is 1.79. The molecular formula is C12H11NO. The van der Waals surface area contributed by atoms with E-state index in [0.29, 0.717) is 0 Å². The Morgan fingerprint density at radius 3 is 3.00 bits per heavy atom. The van der Waals surface area contributed by atoms with Crippen LogP contribution in [-0.4, -0.2) is 10.1 Å². The Kier molecular flexibility index (Phi) is 2.29. The standard InChI is InChI=1S/C12H11NO/c1-2-12(14)10-5-6-11-9(8-10)4-3-7-13-11/h2-8,12,14H,1H2. The Morgan fingerprint density at radius 2 is 2.21 bits per heavy atom. The van der Waals surface area contributed by atoms with Crippen LogP contribution in [0.1, 0.15) is 11.7 Å². The van der Waals surface area contributed by atoms with Gasteiger partial charge >= 0.3 is 0 Å². The van der Waals surface area contributed by atoms with Gasteiger partial charge in [-0.05, 0) is 23.8 Å². The van der Waals surface area contributed by atoms with Gasteiger partial charge < -0.3 is 5.11 Å². The van der Waals surface area contributed by atoms with Crippen LogP contribution in [0.4, 0.5) is 0 Å². The lowest BCUT2D eigenvalue weighted by molar-refractivity contribution is 0.229. The zero-order valence-electron chi connectivity index (χ0n) is 7.72. The molecule has 70 valence electrons. The smallest absolute Gasteiger partial charge is 0.0969 e. The highest BCUT2D eigenvalue weighted by Gasteiger charge is 2.03. The number of nitrogens with zero attached hydrogens (tertiary/aromatic N) is 1. The van der Waals surface area contributed by atoms with E-state index < -0.39 is 6.10 Å². The second-order valence-electron chi connectivity index (χ2n) is 3.14. The summed E-state index contributed by atoms with van der Waals surface area (Å²) in [5.74, 6) is 0. The van der Waals surface area contributed by atoms with Crippen molar-refractivity contribution < 1.29 is 5.11 Å². The summed E-state index contributed by atoms with van der Waals surface area (Å²) in [4.78, 5) is 4.20. The number of aromatic nitrogens is 1. The third-order valence-electron chi connectivity index (χ3n) is 2.19. The van der Waals surface area contributed by atoms with E-state index in [-0.39, 0.29) is 0 Å². The van der Waals surface area contributed by atoms with E-state index >= 15 is 0 Å². The van der Waals surface area contributed by atoms with E-state index in [1.165, 1.54) is 6.08 Å². The van der Waals surface area contributed by atoms with Crippen LogP contribution >= 0.6 is 0 Å². The summed E-state index contributed by atoms with van der Waals surface area (Å²) in [6.45, 7) is 3.55. The fourth-order valence-corrected chi connectivity index (χ4v) is 1.41. The molecule has 2 rings (SSSR count). The number of rotatable bonds is 2. The number of hydrogen-bond donors (Lipinski definition) is 1. The van der Waals surface area contributed by atoms with Crippen molar-refractivity contribution in [1.29, 1.82) is 0 Å². The van der Waals surface area contributed by atoms with Crippen LogP contribution in [0.3, 0.4) is 0 Å². The highest BCUT2D eigenvalue weighted by Crippen LogP contribution is 2.19. The van der Waals surface area contributed by atoms with Gasteiger partial charge in [-0.15, -0.1) is 6.58 Å². The number of benzene rings is 1. The molecule has 1 aromatic heterocycles. The monoisotopic (exact) mass is 185 g/mol. The average molecular weight is 185 g/mol. The molecule has 1 aromatic carbocycles. The van der Waals surface area contributed by atoms with E-state index in [2.05, 4.69) is 11.6 Å². The van der Waals surface area contributed by atoms with E-state index in [1.807, 2.05) is 30.3 Å². The van der Waals surface area contributed by atoms with E-state index in [9.17, 15) is 5.11 Å². The highest BCUT2D eigenvalue weighted by atomic mass is 16.3. The van der Waals surface area contributed by atoms with Gasteiger partial charge in [0.2, 0.25) is 0 Å². The van der Waals surface area contributed by atoms with Crippen molar-refractivity contribution in [3.8, 4) is 0 Å². The molecule has 14 heavy (non-hydrogen) atoms. The molecule has 1 N–H and O–H groups in total. The number of hydrogen-bond acceptors (Lipinski definition) is 2. The number of aliphatic hydroxyl groups excluding tert-OH is 1. The molecular weight excluding hydrogens is 174 g/mol. The van der Waals surface area contributed by atoms with Crippen LogP contribution in [0.15, 0.2) is 49.2 Å². The summed E-state index contributed by atoms with van der Waals surface area (Å²) in [5, 5.41) is 10.6. The van der Waals surface area contributed by atoms with Crippen molar-refractivity contribution >= 4 is 10.9 Å². The molecule has 2 heteroatoms. The molecule has 1 heterocycles. The molecule has 1 unspecified atom stereocenters. The van der Waals surface area contributed by atoms with Crippen molar-refractivity contribution in [2.45, 2.75) is 6.10 Å². The van der Waals surface area contributed by atoms with E-state index in [1.54, 1.807) is 6.20 Å². The first-order chi connectivity index (χ1) is 6.81. The summed E-state index contributed by atoms with van der Waals surface area (Å²) in [6, 6.07) is 9.54. The second kappa shape index (κ2) is 3.60. The second-order valence-corrected chi connectivity index (χ2v) is 3.14. The summed E-state index contributed by atoms with van der Waals surface area (Å²) < 4.78 is 0. The first kappa shape index (κ1) is 8.91. The summed E-state index contributed by atoms with van der Waals surface area (Å²) in [7, 11) is 0. The third kappa shape index (κ3) is 1.52. The van der Waals surface area contributed by atoms with Crippen LogP contribution in [0, 0.1) is 0 Å². The van der Waals surface area contributed by atoms with Gasteiger partial charge in [0.25, 0.3) is 0 Å². The number of pyridine rings is 1. The molecule has 0 saturated carbocycles. The van der Waals surface area contributed by atoms with Gasteiger partial charge in [0.1, 0.15) is 0 Å². The van der Waals surface area contributed by atoms with Crippen LogP contribution in [0.25, 0.3) is 10.9 Å². The Balaban J connectivity index is 2.56. The number of fused-ring (bicyclic) bond motifs is 1.